The second-order valence-electron chi connectivity index (χ2n) is 3.12. The van der Waals surface area contributed by atoms with Gasteiger partial charge >= 0.3 is 0 Å². The molecule has 0 fully saturated rings. The number of benzene rings is 1. The third-order valence-corrected chi connectivity index (χ3v) is 1.90. The minimum atomic E-state index is 0.0330. The van der Waals surface area contributed by atoms with Gasteiger partial charge in [-0.3, -0.25) is 0 Å². The molecule has 0 saturated carbocycles. The first-order chi connectivity index (χ1) is 6.74. The normalized spacial score (nSPS) is 12.5. The van der Waals surface area contributed by atoms with Gasteiger partial charge in [0.25, 0.3) is 0 Å². The van der Waals surface area contributed by atoms with Crippen molar-refractivity contribution in [3.63, 3.8) is 0 Å². The van der Waals surface area contributed by atoms with E-state index in [9.17, 15) is 0 Å². The number of nitrogens with two attached hydrogens (primary N) is 1. The van der Waals surface area contributed by atoms with Crippen LogP contribution in [0.4, 0.5) is 0 Å². The summed E-state index contributed by atoms with van der Waals surface area (Å²) < 4.78 is 10.4. The molecule has 0 aliphatic rings. The zero-order valence-electron chi connectivity index (χ0n) is 8.69. The van der Waals surface area contributed by atoms with Crippen molar-refractivity contribution in [2.75, 3.05) is 13.4 Å². The molecular weight excluding hydrogens is 178 g/mol. The molecular formula is C11H17NO2. The zero-order valence-corrected chi connectivity index (χ0v) is 8.69. The Hall–Kier alpha value is -1.06. The van der Waals surface area contributed by atoms with Gasteiger partial charge in [-0.05, 0) is 31.5 Å². The van der Waals surface area contributed by atoms with Crippen LogP contribution in [0.2, 0.25) is 0 Å². The van der Waals surface area contributed by atoms with E-state index in [0.717, 1.165) is 11.3 Å². The lowest BCUT2D eigenvalue weighted by Gasteiger charge is -2.09. The Balaban J connectivity index is 2.55. The smallest absolute Gasteiger partial charge is 0.189 e. The van der Waals surface area contributed by atoms with Crippen molar-refractivity contribution in [1.82, 2.24) is 0 Å². The molecule has 0 spiro atoms. The first-order valence-electron chi connectivity index (χ1n) is 4.80. The van der Waals surface area contributed by atoms with Crippen molar-refractivity contribution in [2.24, 2.45) is 5.73 Å². The van der Waals surface area contributed by atoms with E-state index in [0.29, 0.717) is 13.4 Å². The fraction of sp³-hybridized carbons (Fsp3) is 0.455. The summed E-state index contributed by atoms with van der Waals surface area (Å²) in [4.78, 5) is 0. The summed E-state index contributed by atoms with van der Waals surface area (Å²) in [7, 11) is 0. The fourth-order valence-corrected chi connectivity index (χ4v) is 1.08. The van der Waals surface area contributed by atoms with Crippen LogP contribution in [0.3, 0.4) is 0 Å². The van der Waals surface area contributed by atoms with E-state index >= 15 is 0 Å². The standard InChI is InChI=1S/C11H17NO2/c1-3-13-8-14-11-6-4-5-10(7-11)9(2)12/h4-7,9H,3,8,12H2,1-2H3. The predicted molar refractivity (Wildman–Crippen MR) is 56.2 cm³/mol. The van der Waals surface area contributed by atoms with Gasteiger partial charge < -0.3 is 15.2 Å². The molecule has 78 valence electrons. The molecule has 1 unspecified atom stereocenters. The molecule has 1 rings (SSSR count). The summed E-state index contributed by atoms with van der Waals surface area (Å²) in [5.74, 6) is 0.799. The highest BCUT2D eigenvalue weighted by molar-refractivity contribution is 5.29. The van der Waals surface area contributed by atoms with Crippen LogP contribution >= 0.6 is 0 Å². The quantitative estimate of drug-likeness (QED) is 0.578. The van der Waals surface area contributed by atoms with E-state index in [1.54, 1.807) is 0 Å². The van der Waals surface area contributed by atoms with E-state index < -0.39 is 0 Å². The average Bonchev–Trinajstić information content (AvgIpc) is 2.19. The summed E-state index contributed by atoms with van der Waals surface area (Å²) in [5.41, 5.74) is 6.82. The Morgan fingerprint density at radius 2 is 2.21 bits per heavy atom. The molecule has 3 nitrogen and oxygen atoms in total. The van der Waals surface area contributed by atoms with Crippen molar-refractivity contribution in [3.05, 3.63) is 29.8 Å². The maximum absolute atomic E-state index is 5.75. The summed E-state index contributed by atoms with van der Waals surface area (Å²) in [6.45, 7) is 4.83. The molecule has 0 amide bonds. The summed E-state index contributed by atoms with van der Waals surface area (Å²) in [5, 5.41) is 0. The topological polar surface area (TPSA) is 44.5 Å². The molecule has 2 N–H and O–H groups in total. The highest BCUT2D eigenvalue weighted by atomic mass is 16.7. The van der Waals surface area contributed by atoms with Crippen LogP contribution in [0.5, 0.6) is 5.75 Å². The van der Waals surface area contributed by atoms with Crippen molar-refractivity contribution in [1.29, 1.82) is 0 Å². The summed E-state index contributed by atoms with van der Waals surface area (Å²) in [6.07, 6.45) is 0. The van der Waals surface area contributed by atoms with Gasteiger partial charge in [-0.15, -0.1) is 0 Å². The molecule has 1 aromatic rings. The van der Waals surface area contributed by atoms with Gasteiger partial charge in [0.1, 0.15) is 5.75 Å². The molecule has 1 atom stereocenters. The molecule has 0 aromatic heterocycles. The molecule has 0 bridgehead atoms. The van der Waals surface area contributed by atoms with Gasteiger partial charge in [-0.2, -0.15) is 0 Å². The molecule has 0 heterocycles. The van der Waals surface area contributed by atoms with E-state index in [2.05, 4.69) is 0 Å². The average molecular weight is 195 g/mol. The van der Waals surface area contributed by atoms with Crippen molar-refractivity contribution in [3.8, 4) is 5.75 Å². The Labute approximate surface area is 84.8 Å². The lowest BCUT2D eigenvalue weighted by molar-refractivity contribution is 0.0223. The fourth-order valence-electron chi connectivity index (χ4n) is 1.08. The maximum Gasteiger partial charge on any atom is 0.189 e. The van der Waals surface area contributed by atoms with E-state index in [-0.39, 0.29) is 6.04 Å². The maximum atomic E-state index is 5.75. The van der Waals surface area contributed by atoms with Gasteiger partial charge in [0, 0.05) is 12.6 Å². The summed E-state index contributed by atoms with van der Waals surface area (Å²) in [6, 6.07) is 7.78. The Morgan fingerprint density at radius 1 is 1.43 bits per heavy atom. The van der Waals surface area contributed by atoms with Crippen LogP contribution < -0.4 is 10.5 Å². The highest BCUT2D eigenvalue weighted by Gasteiger charge is 2.00. The number of hydrogen-bond acceptors (Lipinski definition) is 3. The van der Waals surface area contributed by atoms with Gasteiger partial charge in [0.15, 0.2) is 6.79 Å². The molecule has 0 saturated heterocycles. The molecule has 1 aromatic carbocycles. The van der Waals surface area contributed by atoms with Crippen LogP contribution in [-0.2, 0) is 4.74 Å². The highest BCUT2D eigenvalue weighted by Crippen LogP contribution is 2.17. The molecule has 0 aliphatic heterocycles. The van der Waals surface area contributed by atoms with Gasteiger partial charge in [-0.25, -0.2) is 0 Å². The molecule has 0 aliphatic carbocycles. The van der Waals surface area contributed by atoms with Crippen molar-refractivity contribution >= 4 is 0 Å². The minimum Gasteiger partial charge on any atom is -0.468 e. The van der Waals surface area contributed by atoms with E-state index in [4.69, 9.17) is 15.2 Å². The first-order valence-corrected chi connectivity index (χ1v) is 4.80. The van der Waals surface area contributed by atoms with Crippen LogP contribution in [0.1, 0.15) is 25.5 Å². The Morgan fingerprint density at radius 3 is 2.86 bits per heavy atom. The lowest BCUT2D eigenvalue weighted by atomic mass is 10.1. The molecule has 0 radical (unpaired) electrons. The third kappa shape index (κ3) is 3.36. The number of ether oxygens (including phenoxy) is 2. The van der Waals surface area contributed by atoms with Gasteiger partial charge in [-0.1, -0.05) is 12.1 Å². The van der Waals surface area contributed by atoms with Gasteiger partial charge in [0.05, 0.1) is 0 Å². The van der Waals surface area contributed by atoms with Crippen molar-refractivity contribution in [2.45, 2.75) is 19.9 Å². The minimum absolute atomic E-state index is 0.0330. The lowest BCUT2D eigenvalue weighted by Crippen LogP contribution is -2.06. The van der Waals surface area contributed by atoms with Crippen molar-refractivity contribution < 1.29 is 9.47 Å². The Kier molecular flexibility index (Phi) is 4.43. The SMILES string of the molecule is CCOCOc1cccc(C(C)N)c1. The first kappa shape index (κ1) is 11.0. The zero-order chi connectivity index (χ0) is 10.4. The molecule has 3 heteroatoms. The number of rotatable bonds is 5. The monoisotopic (exact) mass is 195 g/mol. The predicted octanol–water partition coefficient (Wildman–Crippen LogP) is 2.08. The van der Waals surface area contributed by atoms with Crippen LogP contribution in [0, 0.1) is 0 Å². The van der Waals surface area contributed by atoms with Crippen LogP contribution in [-0.4, -0.2) is 13.4 Å². The Bertz CT molecular complexity index is 274. The largest absolute Gasteiger partial charge is 0.468 e. The number of hydrogen-bond donors (Lipinski definition) is 1. The second-order valence-corrected chi connectivity index (χ2v) is 3.12. The summed E-state index contributed by atoms with van der Waals surface area (Å²) >= 11 is 0. The van der Waals surface area contributed by atoms with E-state index in [1.807, 2.05) is 38.1 Å². The third-order valence-electron chi connectivity index (χ3n) is 1.90. The molecule has 14 heavy (non-hydrogen) atoms. The van der Waals surface area contributed by atoms with Crippen LogP contribution in [0.25, 0.3) is 0 Å². The second kappa shape index (κ2) is 5.62. The van der Waals surface area contributed by atoms with E-state index in [1.165, 1.54) is 0 Å². The van der Waals surface area contributed by atoms with Crippen LogP contribution in [0.15, 0.2) is 24.3 Å². The van der Waals surface area contributed by atoms with Gasteiger partial charge in [0.2, 0.25) is 0 Å².